The molecule has 0 aliphatic heterocycles. The summed E-state index contributed by atoms with van der Waals surface area (Å²) in [6.07, 6.45) is 1.68. The lowest BCUT2D eigenvalue weighted by Gasteiger charge is -2.20. The number of benzene rings is 1. The van der Waals surface area contributed by atoms with E-state index >= 15 is 0 Å². The maximum absolute atomic E-state index is 5.68. The van der Waals surface area contributed by atoms with Crippen LogP contribution in [-0.2, 0) is 0 Å². The molecule has 1 aromatic heterocycles. The quantitative estimate of drug-likeness (QED) is 0.877. The number of aryl methyl sites for hydroxylation is 1. The number of nitrogen functional groups attached to an aromatic ring is 1. The first-order chi connectivity index (χ1) is 8.20. The van der Waals surface area contributed by atoms with Crippen molar-refractivity contribution in [3.63, 3.8) is 0 Å². The monoisotopic (exact) mass is 228 g/mol. The topological polar surface area (TPSA) is 55.0 Å². The Labute approximate surface area is 101 Å². The molecule has 4 nitrogen and oxygen atoms in total. The van der Waals surface area contributed by atoms with Gasteiger partial charge in [0.25, 0.3) is 0 Å². The van der Waals surface area contributed by atoms with E-state index in [0.717, 1.165) is 12.2 Å². The first kappa shape index (κ1) is 11.4. The van der Waals surface area contributed by atoms with Gasteiger partial charge in [-0.05, 0) is 32.0 Å². The van der Waals surface area contributed by atoms with Gasteiger partial charge >= 0.3 is 0 Å². The second-order valence-electron chi connectivity index (χ2n) is 3.86. The smallest absolute Gasteiger partial charge is 0.231 e. The minimum atomic E-state index is 0.487. The van der Waals surface area contributed by atoms with Gasteiger partial charge in [0.15, 0.2) is 0 Å². The van der Waals surface area contributed by atoms with Crippen LogP contribution >= 0.6 is 0 Å². The summed E-state index contributed by atoms with van der Waals surface area (Å²) in [5.41, 5.74) is 7.98. The van der Waals surface area contributed by atoms with Crippen LogP contribution < -0.4 is 10.6 Å². The maximum atomic E-state index is 5.68. The lowest BCUT2D eigenvalue weighted by Crippen LogP contribution is -2.19. The van der Waals surface area contributed by atoms with Crippen molar-refractivity contribution in [2.75, 3.05) is 17.2 Å². The zero-order valence-corrected chi connectivity index (χ0v) is 10.1. The third-order valence-corrected chi connectivity index (χ3v) is 2.57. The number of hydrogen-bond donors (Lipinski definition) is 1. The van der Waals surface area contributed by atoms with Crippen molar-refractivity contribution in [1.29, 1.82) is 0 Å². The van der Waals surface area contributed by atoms with Crippen LogP contribution in [0, 0.1) is 6.92 Å². The van der Waals surface area contributed by atoms with Crippen LogP contribution in [0.2, 0.25) is 0 Å². The molecule has 2 aromatic rings. The summed E-state index contributed by atoms with van der Waals surface area (Å²) in [4.78, 5) is 10.5. The number of aromatic nitrogens is 2. The molecule has 0 unspecified atom stereocenters. The highest BCUT2D eigenvalue weighted by atomic mass is 15.3. The predicted octanol–water partition coefficient (Wildman–Crippen LogP) is 2.53. The van der Waals surface area contributed by atoms with Crippen molar-refractivity contribution in [2.24, 2.45) is 0 Å². The van der Waals surface area contributed by atoms with Gasteiger partial charge in [-0.1, -0.05) is 17.7 Å². The van der Waals surface area contributed by atoms with Crippen molar-refractivity contribution in [1.82, 2.24) is 9.97 Å². The number of nitrogens with zero attached hydrogens (tertiary/aromatic N) is 3. The molecule has 0 bridgehead atoms. The van der Waals surface area contributed by atoms with Crippen LogP contribution in [0.15, 0.2) is 36.5 Å². The fraction of sp³-hybridized carbons (Fsp3) is 0.231. The zero-order valence-electron chi connectivity index (χ0n) is 10.1. The SMILES string of the molecule is CCN(c1ccc(C)cc1)c1nccc(N)n1. The zero-order chi connectivity index (χ0) is 12.3. The summed E-state index contributed by atoms with van der Waals surface area (Å²) in [5, 5.41) is 0. The average Bonchev–Trinajstić information content (AvgIpc) is 2.33. The second-order valence-corrected chi connectivity index (χ2v) is 3.86. The lowest BCUT2D eigenvalue weighted by molar-refractivity contribution is 0.949. The molecule has 0 amide bonds. The van der Waals surface area contributed by atoms with E-state index in [1.54, 1.807) is 12.3 Å². The van der Waals surface area contributed by atoms with E-state index in [-0.39, 0.29) is 0 Å². The van der Waals surface area contributed by atoms with E-state index in [4.69, 9.17) is 5.73 Å². The summed E-state index contributed by atoms with van der Waals surface area (Å²) in [7, 11) is 0. The van der Waals surface area contributed by atoms with Gasteiger partial charge in [-0.2, -0.15) is 4.98 Å². The lowest BCUT2D eigenvalue weighted by atomic mass is 10.2. The Bertz CT molecular complexity index is 493. The van der Waals surface area contributed by atoms with E-state index < -0.39 is 0 Å². The highest BCUT2D eigenvalue weighted by Gasteiger charge is 2.09. The molecule has 0 saturated heterocycles. The van der Waals surface area contributed by atoms with E-state index in [0.29, 0.717) is 11.8 Å². The normalized spacial score (nSPS) is 10.2. The summed E-state index contributed by atoms with van der Waals surface area (Å²) in [6.45, 7) is 4.93. The third kappa shape index (κ3) is 2.53. The molecule has 0 spiro atoms. The number of rotatable bonds is 3. The fourth-order valence-corrected chi connectivity index (χ4v) is 1.66. The van der Waals surface area contributed by atoms with Gasteiger partial charge in [0.1, 0.15) is 5.82 Å². The van der Waals surface area contributed by atoms with Gasteiger partial charge in [-0.3, -0.25) is 0 Å². The Hall–Kier alpha value is -2.10. The van der Waals surface area contributed by atoms with Crippen LogP contribution in [0.4, 0.5) is 17.5 Å². The molecule has 0 fully saturated rings. The van der Waals surface area contributed by atoms with Crippen molar-refractivity contribution in [3.05, 3.63) is 42.1 Å². The highest BCUT2D eigenvalue weighted by molar-refractivity contribution is 5.58. The highest BCUT2D eigenvalue weighted by Crippen LogP contribution is 2.22. The van der Waals surface area contributed by atoms with Crippen molar-refractivity contribution in [3.8, 4) is 0 Å². The third-order valence-electron chi connectivity index (χ3n) is 2.57. The van der Waals surface area contributed by atoms with Crippen LogP contribution in [0.3, 0.4) is 0 Å². The molecule has 2 N–H and O–H groups in total. The van der Waals surface area contributed by atoms with Gasteiger partial charge in [-0.25, -0.2) is 4.98 Å². The first-order valence-corrected chi connectivity index (χ1v) is 5.63. The Morgan fingerprint density at radius 3 is 2.47 bits per heavy atom. The molecular formula is C13H16N4. The number of anilines is 3. The summed E-state index contributed by atoms with van der Waals surface area (Å²) in [6, 6.07) is 9.96. The Morgan fingerprint density at radius 2 is 1.88 bits per heavy atom. The molecular weight excluding hydrogens is 212 g/mol. The number of hydrogen-bond acceptors (Lipinski definition) is 4. The largest absolute Gasteiger partial charge is 0.384 e. The molecule has 88 valence electrons. The molecule has 2 rings (SSSR count). The van der Waals surface area contributed by atoms with Crippen molar-refractivity contribution in [2.45, 2.75) is 13.8 Å². The van der Waals surface area contributed by atoms with Gasteiger partial charge < -0.3 is 10.6 Å². The van der Waals surface area contributed by atoms with E-state index in [9.17, 15) is 0 Å². The first-order valence-electron chi connectivity index (χ1n) is 5.63. The predicted molar refractivity (Wildman–Crippen MR) is 70.3 cm³/mol. The molecule has 0 aliphatic rings. The van der Waals surface area contributed by atoms with Crippen LogP contribution in [0.25, 0.3) is 0 Å². The molecule has 1 heterocycles. The average molecular weight is 228 g/mol. The molecule has 0 radical (unpaired) electrons. The van der Waals surface area contributed by atoms with Crippen LogP contribution in [-0.4, -0.2) is 16.5 Å². The van der Waals surface area contributed by atoms with Crippen LogP contribution in [0.1, 0.15) is 12.5 Å². The van der Waals surface area contributed by atoms with E-state index in [2.05, 4.69) is 48.1 Å². The molecule has 4 heteroatoms. The molecule has 0 aliphatic carbocycles. The summed E-state index contributed by atoms with van der Waals surface area (Å²) >= 11 is 0. The fourth-order valence-electron chi connectivity index (χ4n) is 1.66. The standard InChI is InChI=1S/C13H16N4/c1-3-17(11-6-4-10(2)5-7-11)13-15-9-8-12(14)16-13/h4-9H,3H2,1-2H3,(H2,14,15,16). The van der Waals surface area contributed by atoms with Crippen molar-refractivity contribution >= 4 is 17.5 Å². The van der Waals surface area contributed by atoms with Gasteiger partial charge in [0.05, 0.1) is 0 Å². The van der Waals surface area contributed by atoms with Gasteiger partial charge in [0, 0.05) is 18.4 Å². The Balaban J connectivity index is 2.36. The summed E-state index contributed by atoms with van der Waals surface area (Å²) < 4.78 is 0. The summed E-state index contributed by atoms with van der Waals surface area (Å²) in [5.74, 6) is 1.12. The Morgan fingerprint density at radius 1 is 1.18 bits per heavy atom. The van der Waals surface area contributed by atoms with Crippen LogP contribution in [0.5, 0.6) is 0 Å². The Kier molecular flexibility index (Phi) is 3.23. The van der Waals surface area contributed by atoms with E-state index in [1.165, 1.54) is 5.56 Å². The molecule has 17 heavy (non-hydrogen) atoms. The molecule has 0 atom stereocenters. The molecule has 1 aromatic carbocycles. The second kappa shape index (κ2) is 4.82. The van der Waals surface area contributed by atoms with Gasteiger partial charge in [-0.15, -0.1) is 0 Å². The van der Waals surface area contributed by atoms with E-state index in [1.807, 2.05) is 4.90 Å². The minimum Gasteiger partial charge on any atom is -0.384 e. The van der Waals surface area contributed by atoms with Crippen molar-refractivity contribution < 1.29 is 0 Å². The minimum absolute atomic E-state index is 0.487. The maximum Gasteiger partial charge on any atom is 0.231 e. The number of nitrogens with two attached hydrogens (primary N) is 1. The molecule has 0 saturated carbocycles. The van der Waals surface area contributed by atoms with Gasteiger partial charge in [0.2, 0.25) is 5.95 Å².